The largest absolute Gasteiger partial charge is 0.481 e. The van der Waals surface area contributed by atoms with Gasteiger partial charge in [0.2, 0.25) is 5.91 Å². The van der Waals surface area contributed by atoms with Crippen LogP contribution in [0.25, 0.3) is 0 Å². The predicted octanol–water partition coefficient (Wildman–Crippen LogP) is 3.34. The Kier molecular flexibility index (Phi) is 5.48. The highest BCUT2D eigenvalue weighted by atomic mass is 16.4. The molecule has 2 aliphatic heterocycles. The number of rotatable bonds is 4. The van der Waals surface area contributed by atoms with Gasteiger partial charge in [0, 0.05) is 37.4 Å². The smallest absolute Gasteiger partial charge is 0.321 e. The number of amides is 3. The average molecular weight is 399 g/mol. The normalized spacial score (nSPS) is 24.7. The summed E-state index contributed by atoms with van der Waals surface area (Å²) in [5.41, 5.74) is 2.73. The van der Waals surface area contributed by atoms with E-state index in [4.69, 9.17) is 0 Å². The number of aryl methyl sites for hydroxylation is 1. The maximum absolute atomic E-state index is 12.7. The van der Waals surface area contributed by atoms with Crippen LogP contribution >= 0.6 is 0 Å². The number of anilines is 2. The van der Waals surface area contributed by atoms with Crippen LogP contribution in [0.2, 0.25) is 0 Å². The van der Waals surface area contributed by atoms with Gasteiger partial charge in [0.05, 0.1) is 5.92 Å². The van der Waals surface area contributed by atoms with Gasteiger partial charge in [0.1, 0.15) is 0 Å². The highest BCUT2D eigenvalue weighted by molar-refractivity contribution is 5.97. The van der Waals surface area contributed by atoms with Crippen molar-refractivity contribution in [1.29, 1.82) is 0 Å². The number of hydrogen-bond donors (Lipinski definition) is 2. The Morgan fingerprint density at radius 1 is 1.21 bits per heavy atom. The molecule has 3 amide bonds. The Morgan fingerprint density at radius 2 is 2.00 bits per heavy atom. The molecule has 7 nitrogen and oxygen atoms in total. The molecular weight excluding hydrogens is 370 g/mol. The van der Waals surface area contributed by atoms with E-state index in [-0.39, 0.29) is 24.4 Å². The molecule has 2 unspecified atom stereocenters. The molecule has 2 heterocycles. The number of fused-ring (bicyclic) bond motifs is 1. The fraction of sp³-hybridized carbons (Fsp3) is 0.591. The zero-order chi connectivity index (χ0) is 20.5. The van der Waals surface area contributed by atoms with Gasteiger partial charge in [-0.3, -0.25) is 9.59 Å². The van der Waals surface area contributed by atoms with Gasteiger partial charge in [-0.1, -0.05) is 13.3 Å². The summed E-state index contributed by atoms with van der Waals surface area (Å²) < 4.78 is 0. The fourth-order valence-electron chi connectivity index (χ4n) is 4.67. The number of aliphatic carboxylic acids is 1. The first-order valence-corrected chi connectivity index (χ1v) is 10.6. The number of piperidine rings is 1. The molecule has 1 saturated carbocycles. The van der Waals surface area contributed by atoms with E-state index in [9.17, 15) is 19.5 Å². The standard InChI is InChI=1S/C22H29N3O4/c1-14-9-17(21(27)28)13-24(11-14)22(29)23-18-6-7-19-16(10-18)5-8-20(26)25(19)12-15-3-2-4-15/h6-7,10,14-15,17H,2-5,8-9,11-13H2,1H3,(H,23,29)(H,27,28). The second-order valence-electron chi connectivity index (χ2n) is 8.86. The number of carboxylic acids is 1. The average Bonchev–Trinajstić information content (AvgIpc) is 2.65. The minimum Gasteiger partial charge on any atom is -0.481 e. The molecule has 3 aliphatic rings. The molecule has 0 aromatic heterocycles. The third kappa shape index (κ3) is 4.23. The highest BCUT2D eigenvalue weighted by Crippen LogP contribution is 2.34. The number of carboxylic acid groups (broad SMARTS) is 1. The summed E-state index contributed by atoms with van der Waals surface area (Å²) in [4.78, 5) is 40.0. The molecule has 0 spiro atoms. The molecule has 4 rings (SSSR count). The van der Waals surface area contributed by atoms with Crippen LogP contribution in [0.4, 0.5) is 16.2 Å². The number of carbonyl (C=O) groups is 3. The summed E-state index contributed by atoms with van der Waals surface area (Å²) in [5.74, 6) is -0.417. The van der Waals surface area contributed by atoms with Gasteiger partial charge in [-0.2, -0.15) is 0 Å². The van der Waals surface area contributed by atoms with Crippen molar-refractivity contribution in [3.63, 3.8) is 0 Å². The molecule has 1 aliphatic carbocycles. The molecule has 29 heavy (non-hydrogen) atoms. The van der Waals surface area contributed by atoms with E-state index in [0.29, 0.717) is 37.4 Å². The molecule has 0 radical (unpaired) electrons. The molecule has 2 atom stereocenters. The minimum absolute atomic E-state index is 0.158. The Hall–Kier alpha value is -2.57. The molecule has 1 aromatic rings. The van der Waals surface area contributed by atoms with E-state index in [1.165, 1.54) is 19.3 Å². The summed E-state index contributed by atoms with van der Waals surface area (Å²) in [6.07, 6.45) is 5.42. The number of hydrogen-bond acceptors (Lipinski definition) is 3. The molecule has 2 fully saturated rings. The van der Waals surface area contributed by atoms with Crippen LogP contribution < -0.4 is 10.2 Å². The molecule has 7 heteroatoms. The second-order valence-corrected chi connectivity index (χ2v) is 8.86. The van der Waals surface area contributed by atoms with E-state index in [1.54, 1.807) is 4.90 Å². The van der Waals surface area contributed by atoms with Crippen molar-refractivity contribution in [2.24, 2.45) is 17.8 Å². The second kappa shape index (κ2) is 8.05. The number of urea groups is 1. The van der Waals surface area contributed by atoms with Crippen molar-refractivity contribution in [2.75, 3.05) is 29.9 Å². The van der Waals surface area contributed by atoms with Crippen LogP contribution in [0, 0.1) is 17.8 Å². The lowest BCUT2D eigenvalue weighted by Crippen LogP contribution is -2.47. The number of carbonyl (C=O) groups excluding carboxylic acids is 2. The van der Waals surface area contributed by atoms with Crippen LogP contribution in [0.5, 0.6) is 0 Å². The lowest BCUT2D eigenvalue weighted by molar-refractivity contribution is -0.143. The van der Waals surface area contributed by atoms with Crippen LogP contribution in [-0.2, 0) is 16.0 Å². The Morgan fingerprint density at radius 3 is 2.69 bits per heavy atom. The zero-order valence-electron chi connectivity index (χ0n) is 16.9. The first-order chi connectivity index (χ1) is 13.9. The summed E-state index contributed by atoms with van der Waals surface area (Å²) in [7, 11) is 0. The topological polar surface area (TPSA) is 90.0 Å². The number of nitrogens with one attached hydrogen (secondary N) is 1. The molecule has 1 saturated heterocycles. The molecule has 0 bridgehead atoms. The highest BCUT2D eigenvalue weighted by Gasteiger charge is 2.32. The van der Waals surface area contributed by atoms with E-state index in [2.05, 4.69) is 5.32 Å². The quantitative estimate of drug-likeness (QED) is 0.813. The SMILES string of the molecule is CC1CC(C(=O)O)CN(C(=O)Nc2ccc3c(c2)CCC(=O)N3CC2CCC2)C1. The van der Waals surface area contributed by atoms with Gasteiger partial charge >= 0.3 is 12.0 Å². The van der Waals surface area contributed by atoms with Crippen molar-refractivity contribution in [1.82, 2.24) is 4.90 Å². The van der Waals surface area contributed by atoms with E-state index in [1.807, 2.05) is 30.0 Å². The monoisotopic (exact) mass is 399 g/mol. The number of nitrogens with zero attached hydrogens (tertiary/aromatic N) is 2. The minimum atomic E-state index is -0.848. The van der Waals surface area contributed by atoms with E-state index >= 15 is 0 Å². The van der Waals surface area contributed by atoms with Crippen LogP contribution in [0.3, 0.4) is 0 Å². The number of benzene rings is 1. The summed E-state index contributed by atoms with van der Waals surface area (Å²) in [6.45, 7) is 3.56. The van der Waals surface area contributed by atoms with E-state index < -0.39 is 11.9 Å². The van der Waals surface area contributed by atoms with Gasteiger partial charge in [-0.05, 0) is 61.3 Å². The van der Waals surface area contributed by atoms with Crippen LogP contribution in [0.1, 0.15) is 44.6 Å². The van der Waals surface area contributed by atoms with Gasteiger partial charge in [-0.25, -0.2) is 4.79 Å². The van der Waals surface area contributed by atoms with Crippen molar-refractivity contribution >= 4 is 29.3 Å². The first kappa shape index (κ1) is 19.7. The molecular formula is C22H29N3O4. The Labute approximate surface area is 171 Å². The van der Waals surface area contributed by atoms with Gasteiger partial charge in [0.25, 0.3) is 0 Å². The van der Waals surface area contributed by atoms with Crippen molar-refractivity contribution < 1.29 is 19.5 Å². The van der Waals surface area contributed by atoms with Crippen molar-refractivity contribution in [3.8, 4) is 0 Å². The third-order valence-corrected chi connectivity index (χ3v) is 6.49. The van der Waals surface area contributed by atoms with Crippen LogP contribution in [0.15, 0.2) is 18.2 Å². The molecule has 156 valence electrons. The fourth-order valence-corrected chi connectivity index (χ4v) is 4.67. The van der Waals surface area contributed by atoms with Gasteiger partial charge in [-0.15, -0.1) is 0 Å². The molecule has 1 aromatic carbocycles. The maximum Gasteiger partial charge on any atom is 0.321 e. The Balaban J connectivity index is 1.45. The zero-order valence-corrected chi connectivity index (χ0v) is 16.9. The molecule has 2 N–H and O–H groups in total. The van der Waals surface area contributed by atoms with Crippen molar-refractivity contribution in [3.05, 3.63) is 23.8 Å². The van der Waals surface area contributed by atoms with Crippen LogP contribution in [-0.4, -0.2) is 47.5 Å². The predicted molar refractivity (Wildman–Crippen MR) is 110 cm³/mol. The van der Waals surface area contributed by atoms with Gasteiger partial charge in [0.15, 0.2) is 0 Å². The summed E-state index contributed by atoms with van der Waals surface area (Å²) >= 11 is 0. The third-order valence-electron chi connectivity index (χ3n) is 6.49. The van der Waals surface area contributed by atoms with Gasteiger partial charge < -0.3 is 20.2 Å². The lowest BCUT2D eigenvalue weighted by atomic mass is 9.84. The first-order valence-electron chi connectivity index (χ1n) is 10.6. The maximum atomic E-state index is 12.7. The van der Waals surface area contributed by atoms with Crippen molar-refractivity contribution in [2.45, 2.75) is 45.4 Å². The van der Waals surface area contributed by atoms with E-state index in [0.717, 1.165) is 17.8 Å². The number of likely N-dealkylation sites (tertiary alicyclic amines) is 1. The summed E-state index contributed by atoms with van der Waals surface area (Å²) in [5, 5.41) is 12.2. The lowest BCUT2D eigenvalue weighted by Gasteiger charge is -2.36. The Bertz CT molecular complexity index is 820. The summed E-state index contributed by atoms with van der Waals surface area (Å²) in [6, 6.07) is 5.46.